The zero-order chi connectivity index (χ0) is 12.3. The molecule has 3 heteroatoms. The van der Waals surface area contributed by atoms with Crippen molar-refractivity contribution in [2.45, 2.75) is 25.8 Å². The summed E-state index contributed by atoms with van der Waals surface area (Å²) in [5, 5.41) is 3.33. The normalized spacial score (nSPS) is 21.8. The van der Waals surface area contributed by atoms with Gasteiger partial charge in [0, 0.05) is 29.3 Å². The van der Waals surface area contributed by atoms with E-state index in [2.05, 4.69) is 57.3 Å². The van der Waals surface area contributed by atoms with Crippen molar-refractivity contribution in [3.8, 4) is 0 Å². The number of hydrogen-bond acceptors (Lipinski definition) is 2. The van der Waals surface area contributed by atoms with Crippen molar-refractivity contribution in [3.63, 3.8) is 0 Å². The van der Waals surface area contributed by atoms with E-state index in [1.165, 1.54) is 36.1 Å². The van der Waals surface area contributed by atoms with Crippen LogP contribution in [0.5, 0.6) is 0 Å². The number of rotatable bonds is 4. The second-order valence-electron chi connectivity index (χ2n) is 5.01. The van der Waals surface area contributed by atoms with Crippen LogP contribution in [0.4, 0.5) is 5.69 Å². The molecule has 0 bridgehead atoms. The van der Waals surface area contributed by atoms with Crippen molar-refractivity contribution in [1.29, 1.82) is 0 Å². The number of benzene rings is 1. The summed E-state index contributed by atoms with van der Waals surface area (Å²) in [4.78, 5) is 2.50. The summed E-state index contributed by atoms with van der Waals surface area (Å²) >= 11 is 3.54. The molecule has 2 unspecified atom stereocenters. The topological polar surface area (TPSA) is 15.3 Å². The average molecular weight is 297 g/mol. The lowest BCUT2D eigenvalue weighted by Crippen LogP contribution is -2.26. The van der Waals surface area contributed by atoms with Gasteiger partial charge in [-0.1, -0.05) is 22.0 Å². The Hall–Kier alpha value is -0.540. The SMILES string of the molecule is CNC(C)CC1CCN(c2cccc(Br)c2)C1. The molecule has 0 aliphatic carbocycles. The number of anilines is 1. The Morgan fingerprint density at radius 1 is 1.53 bits per heavy atom. The lowest BCUT2D eigenvalue weighted by Gasteiger charge is -2.20. The minimum Gasteiger partial charge on any atom is -0.371 e. The maximum Gasteiger partial charge on any atom is 0.0377 e. The van der Waals surface area contributed by atoms with E-state index in [9.17, 15) is 0 Å². The Bertz CT molecular complexity index is 367. The van der Waals surface area contributed by atoms with Crippen LogP contribution in [0.3, 0.4) is 0 Å². The van der Waals surface area contributed by atoms with E-state index in [1.807, 2.05) is 7.05 Å². The third-order valence-electron chi connectivity index (χ3n) is 3.64. The standard InChI is InChI=1S/C14H21BrN2/c1-11(16-2)8-12-6-7-17(10-12)14-5-3-4-13(15)9-14/h3-5,9,11-12,16H,6-8,10H2,1-2H3. The van der Waals surface area contributed by atoms with Crippen molar-refractivity contribution in [2.24, 2.45) is 5.92 Å². The van der Waals surface area contributed by atoms with Crippen molar-refractivity contribution < 1.29 is 0 Å². The smallest absolute Gasteiger partial charge is 0.0377 e. The van der Waals surface area contributed by atoms with Gasteiger partial charge in [-0.2, -0.15) is 0 Å². The molecule has 0 radical (unpaired) electrons. The minimum atomic E-state index is 0.627. The Kier molecular flexibility index (Phi) is 4.46. The Balaban J connectivity index is 1.93. The molecule has 2 nitrogen and oxygen atoms in total. The van der Waals surface area contributed by atoms with E-state index in [4.69, 9.17) is 0 Å². The van der Waals surface area contributed by atoms with Gasteiger partial charge in [0.2, 0.25) is 0 Å². The van der Waals surface area contributed by atoms with Crippen molar-refractivity contribution in [3.05, 3.63) is 28.7 Å². The highest BCUT2D eigenvalue weighted by Crippen LogP contribution is 2.28. The maximum absolute atomic E-state index is 3.54. The van der Waals surface area contributed by atoms with Gasteiger partial charge in [-0.15, -0.1) is 0 Å². The molecule has 0 amide bonds. The molecule has 1 aliphatic heterocycles. The third kappa shape index (κ3) is 3.46. The Morgan fingerprint density at radius 3 is 3.06 bits per heavy atom. The highest BCUT2D eigenvalue weighted by Gasteiger charge is 2.23. The molecule has 1 aromatic rings. The zero-order valence-corrected chi connectivity index (χ0v) is 12.2. The Labute approximate surface area is 113 Å². The zero-order valence-electron chi connectivity index (χ0n) is 10.6. The fraction of sp³-hybridized carbons (Fsp3) is 0.571. The lowest BCUT2D eigenvalue weighted by molar-refractivity contribution is 0.444. The fourth-order valence-electron chi connectivity index (χ4n) is 2.55. The van der Waals surface area contributed by atoms with Crippen LogP contribution in [0.15, 0.2) is 28.7 Å². The van der Waals surface area contributed by atoms with E-state index in [0.717, 1.165) is 5.92 Å². The molecule has 1 heterocycles. The molecule has 0 saturated carbocycles. The number of halogens is 1. The van der Waals surface area contributed by atoms with E-state index in [0.29, 0.717) is 6.04 Å². The molecular formula is C14H21BrN2. The fourth-order valence-corrected chi connectivity index (χ4v) is 2.94. The van der Waals surface area contributed by atoms with Gasteiger partial charge in [-0.05, 0) is 50.9 Å². The predicted octanol–water partition coefficient (Wildman–Crippen LogP) is 3.27. The molecule has 0 aromatic heterocycles. The molecule has 1 saturated heterocycles. The average Bonchev–Trinajstić information content (AvgIpc) is 2.77. The van der Waals surface area contributed by atoms with Crippen LogP contribution in [0.2, 0.25) is 0 Å². The third-order valence-corrected chi connectivity index (χ3v) is 4.13. The highest BCUT2D eigenvalue weighted by molar-refractivity contribution is 9.10. The van der Waals surface area contributed by atoms with Gasteiger partial charge in [-0.25, -0.2) is 0 Å². The first-order chi connectivity index (χ1) is 8.19. The molecule has 2 rings (SSSR count). The van der Waals surface area contributed by atoms with E-state index >= 15 is 0 Å². The van der Waals surface area contributed by atoms with Gasteiger partial charge in [0.25, 0.3) is 0 Å². The lowest BCUT2D eigenvalue weighted by atomic mass is 10.0. The summed E-state index contributed by atoms with van der Waals surface area (Å²) in [6, 6.07) is 9.24. The summed E-state index contributed by atoms with van der Waals surface area (Å²) < 4.78 is 1.17. The molecule has 1 fully saturated rings. The van der Waals surface area contributed by atoms with E-state index in [-0.39, 0.29) is 0 Å². The van der Waals surface area contributed by atoms with Crippen molar-refractivity contribution in [1.82, 2.24) is 5.32 Å². The predicted molar refractivity (Wildman–Crippen MR) is 77.6 cm³/mol. The summed E-state index contributed by atoms with van der Waals surface area (Å²) in [6.07, 6.45) is 2.60. The monoisotopic (exact) mass is 296 g/mol. The summed E-state index contributed by atoms with van der Waals surface area (Å²) in [6.45, 7) is 4.65. The van der Waals surface area contributed by atoms with E-state index in [1.54, 1.807) is 0 Å². The molecular weight excluding hydrogens is 276 g/mol. The van der Waals surface area contributed by atoms with Crippen molar-refractivity contribution in [2.75, 3.05) is 25.0 Å². The van der Waals surface area contributed by atoms with Gasteiger partial charge in [0.15, 0.2) is 0 Å². The largest absolute Gasteiger partial charge is 0.371 e. The second-order valence-corrected chi connectivity index (χ2v) is 5.92. The van der Waals surface area contributed by atoms with Crippen LogP contribution in [0.25, 0.3) is 0 Å². The molecule has 94 valence electrons. The summed E-state index contributed by atoms with van der Waals surface area (Å²) in [5.41, 5.74) is 1.35. The van der Waals surface area contributed by atoms with Gasteiger partial charge in [0.05, 0.1) is 0 Å². The van der Waals surface area contributed by atoms with Crippen LogP contribution in [0.1, 0.15) is 19.8 Å². The number of nitrogens with zero attached hydrogens (tertiary/aromatic N) is 1. The number of hydrogen-bond donors (Lipinski definition) is 1. The van der Waals surface area contributed by atoms with Crippen LogP contribution in [0, 0.1) is 5.92 Å². The van der Waals surface area contributed by atoms with Gasteiger partial charge in [0.1, 0.15) is 0 Å². The van der Waals surface area contributed by atoms with Crippen LogP contribution < -0.4 is 10.2 Å². The minimum absolute atomic E-state index is 0.627. The first kappa shape index (κ1) is 12.9. The second kappa shape index (κ2) is 5.87. The molecule has 2 atom stereocenters. The number of nitrogens with one attached hydrogen (secondary N) is 1. The molecule has 0 spiro atoms. The van der Waals surface area contributed by atoms with E-state index < -0.39 is 0 Å². The molecule has 1 aliphatic rings. The molecule has 1 aromatic carbocycles. The van der Waals surface area contributed by atoms with Crippen LogP contribution in [-0.4, -0.2) is 26.2 Å². The maximum atomic E-state index is 3.54. The molecule has 17 heavy (non-hydrogen) atoms. The first-order valence-electron chi connectivity index (χ1n) is 6.37. The van der Waals surface area contributed by atoms with Gasteiger partial charge < -0.3 is 10.2 Å². The highest BCUT2D eigenvalue weighted by atomic mass is 79.9. The van der Waals surface area contributed by atoms with Gasteiger partial charge in [-0.3, -0.25) is 0 Å². The summed E-state index contributed by atoms with van der Waals surface area (Å²) in [5.74, 6) is 0.830. The molecule has 1 N–H and O–H groups in total. The summed E-state index contributed by atoms with van der Waals surface area (Å²) in [7, 11) is 2.05. The van der Waals surface area contributed by atoms with Gasteiger partial charge >= 0.3 is 0 Å². The van der Waals surface area contributed by atoms with Crippen LogP contribution in [-0.2, 0) is 0 Å². The quantitative estimate of drug-likeness (QED) is 0.917. The van der Waals surface area contributed by atoms with Crippen molar-refractivity contribution >= 4 is 21.6 Å². The Morgan fingerprint density at radius 2 is 2.35 bits per heavy atom. The first-order valence-corrected chi connectivity index (χ1v) is 7.16. The van der Waals surface area contributed by atoms with Crippen LogP contribution >= 0.6 is 15.9 Å².